The van der Waals surface area contributed by atoms with E-state index in [1.807, 2.05) is 13.8 Å². The van der Waals surface area contributed by atoms with Crippen molar-refractivity contribution in [3.8, 4) is 5.75 Å². The van der Waals surface area contributed by atoms with E-state index in [-0.39, 0.29) is 5.92 Å². The highest BCUT2D eigenvalue weighted by atomic mass is 19.4. The van der Waals surface area contributed by atoms with Crippen molar-refractivity contribution < 1.29 is 17.9 Å². The van der Waals surface area contributed by atoms with Crippen LogP contribution in [-0.2, 0) is 6.18 Å². The molecular formula is C14H17F3O. The summed E-state index contributed by atoms with van der Waals surface area (Å²) >= 11 is 0. The smallest absolute Gasteiger partial charge is 0.416 e. The van der Waals surface area contributed by atoms with Gasteiger partial charge in [-0.1, -0.05) is 13.8 Å². The Hall–Kier alpha value is -1.19. The Morgan fingerprint density at radius 2 is 1.89 bits per heavy atom. The normalized spacial score (nSPS) is 16.1. The van der Waals surface area contributed by atoms with Crippen molar-refractivity contribution in [3.05, 3.63) is 29.3 Å². The van der Waals surface area contributed by atoms with Gasteiger partial charge >= 0.3 is 6.18 Å². The quantitative estimate of drug-likeness (QED) is 0.765. The molecule has 0 aliphatic heterocycles. The molecule has 4 heteroatoms. The third kappa shape index (κ3) is 3.40. The van der Waals surface area contributed by atoms with Crippen LogP contribution in [0.15, 0.2) is 18.2 Å². The predicted octanol–water partition coefficient (Wildman–Crippen LogP) is 4.62. The van der Waals surface area contributed by atoms with Gasteiger partial charge in [-0.15, -0.1) is 0 Å². The molecule has 0 N–H and O–H groups in total. The number of benzene rings is 1. The SMILES string of the molecule is CC(C)c1cc(OCC2CC2)cc(C(F)(F)F)c1. The lowest BCUT2D eigenvalue weighted by molar-refractivity contribution is -0.137. The van der Waals surface area contributed by atoms with Crippen molar-refractivity contribution in [1.82, 2.24) is 0 Å². The lowest BCUT2D eigenvalue weighted by Crippen LogP contribution is -2.08. The molecule has 0 amide bonds. The van der Waals surface area contributed by atoms with Crippen LogP contribution in [0.5, 0.6) is 5.75 Å². The summed E-state index contributed by atoms with van der Waals surface area (Å²) in [6, 6.07) is 4.01. The summed E-state index contributed by atoms with van der Waals surface area (Å²) in [7, 11) is 0. The summed E-state index contributed by atoms with van der Waals surface area (Å²) in [5.74, 6) is 0.915. The zero-order valence-corrected chi connectivity index (χ0v) is 10.6. The fourth-order valence-corrected chi connectivity index (χ4v) is 1.70. The van der Waals surface area contributed by atoms with Gasteiger partial charge in [0.05, 0.1) is 12.2 Å². The van der Waals surface area contributed by atoms with Crippen molar-refractivity contribution in [1.29, 1.82) is 0 Å². The van der Waals surface area contributed by atoms with E-state index < -0.39 is 11.7 Å². The van der Waals surface area contributed by atoms with E-state index in [0.29, 0.717) is 23.8 Å². The third-order valence-corrected chi connectivity index (χ3v) is 3.11. The molecule has 1 aliphatic rings. The van der Waals surface area contributed by atoms with Gasteiger partial charge in [-0.3, -0.25) is 0 Å². The Morgan fingerprint density at radius 1 is 1.22 bits per heavy atom. The van der Waals surface area contributed by atoms with E-state index in [2.05, 4.69) is 0 Å². The molecule has 1 aromatic carbocycles. The fraction of sp³-hybridized carbons (Fsp3) is 0.571. The molecule has 100 valence electrons. The molecule has 1 nitrogen and oxygen atoms in total. The molecular weight excluding hydrogens is 241 g/mol. The van der Waals surface area contributed by atoms with Crippen LogP contribution < -0.4 is 4.74 Å². The molecule has 0 saturated heterocycles. The van der Waals surface area contributed by atoms with Crippen molar-refractivity contribution >= 4 is 0 Å². The lowest BCUT2D eigenvalue weighted by Gasteiger charge is -2.14. The van der Waals surface area contributed by atoms with Gasteiger partial charge in [0.25, 0.3) is 0 Å². The van der Waals surface area contributed by atoms with Crippen LogP contribution in [-0.4, -0.2) is 6.61 Å². The van der Waals surface area contributed by atoms with Gasteiger partial charge in [-0.05, 0) is 48.4 Å². The number of halogens is 3. The van der Waals surface area contributed by atoms with Crippen molar-refractivity contribution in [2.45, 2.75) is 38.8 Å². The van der Waals surface area contributed by atoms with Crippen LogP contribution in [0.4, 0.5) is 13.2 Å². The fourth-order valence-electron chi connectivity index (χ4n) is 1.70. The van der Waals surface area contributed by atoms with Crippen LogP contribution >= 0.6 is 0 Å². The molecule has 18 heavy (non-hydrogen) atoms. The van der Waals surface area contributed by atoms with Gasteiger partial charge in [-0.2, -0.15) is 13.2 Å². The van der Waals surface area contributed by atoms with Crippen LogP contribution in [0.25, 0.3) is 0 Å². The van der Waals surface area contributed by atoms with Crippen molar-refractivity contribution in [2.75, 3.05) is 6.61 Å². The highest BCUT2D eigenvalue weighted by molar-refractivity contribution is 5.37. The van der Waals surface area contributed by atoms with E-state index >= 15 is 0 Å². The van der Waals surface area contributed by atoms with E-state index in [1.54, 1.807) is 6.07 Å². The largest absolute Gasteiger partial charge is 0.493 e. The van der Waals surface area contributed by atoms with Crippen LogP contribution in [0.1, 0.15) is 43.7 Å². The Morgan fingerprint density at radius 3 is 2.39 bits per heavy atom. The van der Waals surface area contributed by atoms with Gasteiger partial charge in [0, 0.05) is 0 Å². The highest BCUT2D eigenvalue weighted by Gasteiger charge is 2.32. The number of rotatable bonds is 4. The molecule has 0 radical (unpaired) electrons. The third-order valence-electron chi connectivity index (χ3n) is 3.11. The number of hydrogen-bond donors (Lipinski definition) is 0. The number of alkyl halides is 3. The summed E-state index contributed by atoms with van der Waals surface area (Å²) in [6.07, 6.45) is -2.07. The zero-order chi connectivity index (χ0) is 13.3. The Labute approximate surface area is 105 Å². The lowest BCUT2D eigenvalue weighted by atomic mass is 10.00. The van der Waals surface area contributed by atoms with E-state index in [9.17, 15) is 13.2 Å². The first kappa shape index (κ1) is 13.2. The van der Waals surface area contributed by atoms with E-state index in [0.717, 1.165) is 18.9 Å². The molecule has 0 unspecified atom stereocenters. The minimum absolute atomic E-state index is 0.0515. The molecule has 0 heterocycles. The molecule has 1 aliphatic carbocycles. The maximum Gasteiger partial charge on any atom is 0.416 e. The number of ether oxygens (including phenoxy) is 1. The molecule has 0 atom stereocenters. The molecule has 0 aromatic heterocycles. The summed E-state index contributed by atoms with van der Waals surface area (Å²) in [6.45, 7) is 4.28. The van der Waals surface area contributed by atoms with E-state index in [1.165, 1.54) is 6.07 Å². The van der Waals surface area contributed by atoms with Gasteiger partial charge < -0.3 is 4.74 Å². The van der Waals surface area contributed by atoms with Crippen molar-refractivity contribution in [2.24, 2.45) is 5.92 Å². The summed E-state index contributed by atoms with van der Waals surface area (Å²) in [5, 5.41) is 0. The predicted molar refractivity (Wildman–Crippen MR) is 63.8 cm³/mol. The molecule has 0 spiro atoms. The van der Waals surface area contributed by atoms with Crippen molar-refractivity contribution in [3.63, 3.8) is 0 Å². The average molecular weight is 258 g/mol. The van der Waals surface area contributed by atoms with Gasteiger partial charge in [0.2, 0.25) is 0 Å². The standard InChI is InChI=1S/C14H17F3O/c1-9(2)11-5-12(14(15,16)17)7-13(6-11)18-8-10-3-4-10/h5-7,9-10H,3-4,8H2,1-2H3. The second-order valence-corrected chi connectivity index (χ2v) is 5.20. The Balaban J connectivity index is 2.23. The monoisotopic (exact) mass is 258 g/mol. The molecule has 1 aromatic rings. The molecule has 1 fully saturated rings. The highest BCUT2D eigenvalue weighted by Crippen LogP contribution is 2.35. The maximum atomic E-state index is 12.8. The second-order valence-electron chi connectivity index (χ2n) is 5.20. The van der Waals surface area contributed by atoms with E-state index in [4.69, 9.17) is 4.74 Å². The van der Waals surface area contributed by atoms with Crippen LogP contribution in [0.3, 0.4) is 0 Å². The minimum atomic E-state index is -4.32. The maximum absolute atomic E-state index is 12.8. The first-order valence-electron chi connectivity index (χ1n) is 6.21. The molecule has 0 bridgehead atoms. The summed E-state index contributed by atoms with van der Waals surface area (Å²) in [5.41, 5.74) is 0.0371. The molecule has 1 saturated carbocycles. The Bertz CT molecular complexity index is 420. The van der Waals surface area contributed by atoms with Crippen LogP contribution in [0.2, 0.25) is 0 Å². The first-order valence-corrected chi connectivity index (χ1v) is 6.21. The summed E-state index contributed by atoms with van der Waals surface area (Å²) < 4.78 is 43.8. The zero-order valence-electron chi connectivity index (χ0n) is 10.6. The first-order chi connectivity index (χ1) is 8.36. The van der Waals surface area contributed by atoms with Gasteiger partial charge in [0.15, 0.2) is 0 Å². The van der Waals surface area contributed by atoms with Crippen LogP contribution in [0, 0.1) is 5.92 Å². The average Bonchev–Trinajstić information content (AvgIpc) is 3.08. The summed E-state index contributed by atoms with van der Waals surface area (Å²) in [4.78, 5) is 0. The number of hydrogen-bond acceptors (Lipinski definition) is 1. The Kier molecular flexibility index (Phi) is 3.55. The van der Waals surface area contributed by atoms with Gasteiger partial charge in [-0.25, -0.2) is 0 Å². The minimum Gasteiger partial charge on any atom is -0.493 e. The molecule has 2 rings (SSSR count). The topological polar surface area (TPSA) is 9.23 Å². The van der Waals surface area contributed by atoms with Gasteiger partial charge in [0.1, 0.15) is 5.75 Å². The second kappa shape index (κ2) is 4.82.